The van der Waals surface area contributed by atoms with Crippen molar-refractivity contribution in [3.05, 3.63) is 30.3 Å². The fourth-order valence-electron chi connectivity index (χ4n) is 2.63. The maximum atomic E-state index is 11.7. The van der Waals surface area contributed by atoms with E-state index in [2.05, 4.69) is 12.2 Å². The van der Waals surface area contributed by atoms with Crippen LogP contribution in [0, 0.1) is 0 Å². The molecule has 0 radical (unpaired) electrons. The molecule has 0 aliphatic rings. The number of unbranched alkanes of at least 4 members (excludes halogenated alkanes) is 3. The number of hydrogen-bond donors (Lipinski definition) is 1. The molecule has 1 amide bonds. The lowest BCUT2D eigenvalue weighted by Gasteiger charge is -2.17. The summed E-state index contributed by atoms with van der Waals surface area (Å²) in [5.41, 5.74) is 0. The lowest BCUT2D eigenvalue weighted by Crippen LogP contribution is -2.22. The molecule has 0 unspecified atom stereocenters. The van der Waals surface area contributed by atoms with Crippen molar-refractivity contribution in [3.63, 3.8) is 0 Å². The Morgan fingerprint density at radius 3 is 2.44 bits per heavy atom. The summed E-state index contributed by atoms with van der Waals surface area (Å²) in [7, 11) is 1.53. The minimum absolute atomic E-state index is 0.412. The van der Waals surface area contributed by atoms with E-state index in [1.807, 2.05) is 37.3 Å². The lowest BCUT2D eigenvalue weighted by atomic mass is 10.1. The van der Waals surface area contributed by atoms with Gasteiger partial charge in [-0.1, -0.05) is 50.5 Å². The second-order valence-corrected chi connectivity index (χ2v) is 5.73. The van der Waals surface area contributed by atoms with Crippen LogP contribution in [-0.4, -0.2) is 26.4 Å². The van der Waals surface area contributed by atoms with Crippen LogP contribution in [0.15, 0.2) is 30.3 Å². The van der Waals surface area contributed by atoms with Crippen LogP contribution in [0.4, 0.5) is 4.79 Å². The van der Waals surface area contributed by atoms with Gasteiger partial charge in [0.15, 0.2) is 11.5 Å². The van der Waals surface area contributed by atoms with Gasteiger partial charge in [-0.15, -0.1) is 0 Å². The first-order chi connectivity index (χ1) is 12.2. The van der Waals surface area contributed by atoms with Gasteiger partial charge < -0.3 is 19.5 Å². The van der Waals surface area contributed by atoms with E-state index in [-0.39, 0.29) is 0 Å². The average molecular weight is 345 g/mol. The third-order valence-corrected chi connectivity index (χ3v) is 3.88. The summed E-state index contributed by atoms with van der Waals surface area (Å²) in [4.78, 5) is 11.7. The average Bonchev–Trinajstić information content (AvgIpc) is 2.64. The molecule has 25 heavy (non-hydrogen) atoms. The molecule has 2 aromatic carbocycles. The molecule has 0 spiro atoms. The molecule has 2 aromatic rings. The summed E-state index contributed by atoms with van der Waals surface area (Å²) >= 11 is 0. The van der Waals surface area contributed by atoms with E-state index < -0.39 is 6.09 Å². The first-order valence-corrected chi connectivity index (χ1v) is 8.92. The van der Waals surface area contributed by atoms with Crippen molar-refractivity contribution < 1.29 is 19.0 Å². The van der Waals surface area contributed by atoms with Crippen LogP contribution in [0.2, 0.25) is 0 Å². The molecule has 0 saturated carbocycles. The van der Waals surface area contributed by atoms with Crippen LogP contribution in [0.25, 0.3) is 10.8 Å². The summed E-state index contributed by atoms with van der Waals surface area (Å²) in [5, 5.41) is 4.16. The zero-order chi connectivity index (χ0) is 18.1. The molecule has 0 aromatic heterocycles. The third-order valence-electron chi connectivity index (χ3n) is 3.88. The van der Waals surface area contributed by atoms with Crippen molar-refractivity contribution in [3.8, 4) is 17.2 Å². The highest BCUT2D eigenvalue weighted by atomic mass is 16.6. The van der Waals surface area contributed by atoms with Crippen LogP contribution < -0.4 is 19.5 Å². The number of benzene rings is 2. The zero-order valence-electron chi connectivity index (χ0n) is 15.3. The molecule has 2 rings (SSSR count). The maximum absolute atomic E-state index is 11.7. The SMILES string of the molecule is CCCCCCOc1cc(OCC)c(OC(=O)NC)c2ccccc12. The standard InChI is InChI=1S/C20H27NO4/c1-4-6-7-10-13-24-17-14-18(23-5-2)19(25-20(22)21-3)16-12-9-8-11-15(16)17/h8-9,11-12,14H,4-7,10,13H2,1-3H3,(H,21,22). The van der Waals surface area contributed by atoms with Gasteiger partial charge in [0.25, 0.3) is 0 Å². The second-order valence-electron chi connectivity index (χ2n) is 5.73. The van der Waals surface area contributed by atoms with Crippen molar-refractivity contribution in [2.75, 3.05) is 20.3 Å². The van der Waals surface area contributed by atoms with Crippen LogP contribution in [0.3, 0.4) is 0 Å². The van der Waals surface area contributed by atoms with Gasteiger partial charge in [-0.25, -0.2) is 4.79 Å². The minimum atomic E-state index is -0.528. The monoisotopic (exact) mass is 345 g/mol. The number of ether oxygens (including phenoxy) is 3. The molecule has 5 heteroatoms. The van der Waals surface area contributed by atoms with Crippen molar-refractivity contribution in [1.29, 1.82) is 0 Å². The van der Waals surface area contributed by atoms with Crippen molar-refractivity contribution in [1.82, 2.24) is 5.32 Å². The predicted molar refractivity (Wildman–Crippen MR) is 99.8 cm³/mol. The highest BCUT2D eigenvalue weighted by Crippen LogP contribution is 2.41. The molecule has 0 bridgehead atoms. The fraction of sp³-hybridized carbons (Fsp3) is 0.450. The van der Waals surface area contributed by atoms with Crippen molar-refractivity contribution in [2.45, 2.75) is 39.5 Å². The van der Waals surface area contributed by atoms with Crippen LogP contribution in [0.5, 0.6) is 17.2 Å². The Kier molecular flexibility index (Phi) is 7.38. The van der Waals surface area contributed by atoms with Gasteiger partial charge in [-0.05, 0) is 13.3 Å². The molecule has 0 saturated heterocycles. The highest BCUT2D eigenvalue weighted by Gasteiger charge is 2.17. The van der Waals surface area contributed by atoms with E-state index >= 15 is 0 Å². The second kappa shape index (κ2) is 9.77. The third kappa shape index (κ3) is 5.02. The van der Waals surface area contributed by atoms with Gasteiger partial charge in [0.2, 0.25) is 0 Å². The molecular weight excluding hydrogens is 318 g/mol. The number of fused-ring (bicyclic) bond motifs is 1. The normalized spacial score (nSPS) is 10.5. The first-order valence-electron chi connectivity index (χ1n) is 8.92. The van der Waals surface area contributed by atoms with Gasteiger partial charge in [-0.2, -0.15) is 0 Å². The van der Waals surface area contributed by atoms with Crippen molar-refractivity contribution in [2.24, 2.45) is 0 Å². The smallest absolute Gasteiger partial charge is 0.412 e. The number of nitrogens with one attached hydrogen (secondary N) is 1. The molecule has 0 aliphatic carbocycles. The molecular formula is C20H27NO4. The van der Waals surface area contributed by atoms with E-state index in [4.69, 9.17) is 14.2 Å². The van der Waals surface area contributed by atoms with E-state index in [9.17, 15) is 4.79 Å². The van der Waals surface area contributed by atoms with Gasteiger partial charge in [0, 0.05) is 23.9 Å². The molecule has 1 N–H and O–H groups in total. The number of hydrogen-bond acceptors (Lipinski definition) is 4. The first kappa shape index (κ1) is 18.9. The van der Waals surface area contributed by atoms with Crippen molar-refractivity contribution >= 4 is 16.9 Å². The van der Waals surface area contributed by atoms with E-state index in [0.717, 1.165) is 29.4 Å². The quantitative estimate of drug-likeness (QED) is 0.656. The largest absolute Gasteiger partial charge is 0.493 e. The topological polar surface area (TPSA) is 56.8 Å². The number of carbonyl (C=O) groups excluding carboxylic acids is 1. The summed E-state index contributed by atoms with van der Waals surface area (Å²) in [6, 6.07) is 9.52. The Balaban J connectivity index is 2.35. The fourth-order valence-corrected chi connectivity index (χ4v) is 2.63. The molecule has 136 valence electrons. The number of amides is 1. The summed E-state index contributed by atoms with van der Waals surface area (Å²) in [5.74, 6) is 1.67. The highest BCUT2D eigenvalue weighted by molar-refractivity contribution is 5.97. The molecule has 0 aliphatic heterocycles. The number of carbonyl (C=O) groups is 1. The van der Waals surface area contributed by atoms with Gasteiger partial charge in [0.05, 0.1) is 13.2 Å². The maximum Gasteiger partial charge on any atom is 0.412 e. The lowest BCUT2D eigenvalue weighted by molar-refractivity contribution is 0.200. The van der Waals surface area contributed by atoms with Crippen LogP contribution in [-0.2, 0) is 0 Å². The Hall–Kier alpha value is -2.43. The van der Waals surface area contributed by atoms with Crippen LogP contribution >= 0.6 is 0 Å². The Bertz CT molecular complexity index is 699. The molecule has 0 atom stereocenters. The van der Waals surface area contributed by atoms with E-state index in [1.165, 1.54) is 19.9 Å². The Morgan fingerprint density at radius 1 is 1.00 bits per heavy atom. The van der Waals surface area contributed by atoms with Gasteiger partial charge >= 0.3 is 6.09 Å². The Labute approximate surface area is 149 Å². The minimum Gasteiger partial charge on any atom is -0.493 e. The van der Waals surface area contributed by atoms with Gasteiger partial charge in [-0.3, -0.25) is 0 Å². The van der Waals surface area contributed by atoms with E-state index in [0.29, 0.717) is 24.7 Å². The summed E-state index contributed by atoms with van der Waals surface area (Å²) < 4.78 is 17.1. The predicted octanol–water partition coefficient (Wildman–Crippen LogP) is 4.92. The van der Waals surface area contributed by atoms with Gasteiger partial charge in [0.1, 0.15) is 5.75 Å². The molecule has 0 heterocycles. The molecule has 0 fully saturated rings. The zero-order valence-corrected chi connectivity index (χ0v) is 15.3. The Morgan fingerprint density at radius 2 is 1.76 bits per heavy atom. The summed E-state index contributed by atoms with van der Waals surface area (Å²) in [6.07, 6.45) is 4.06. The van der Waals surface area contributed by atoms with E-state index in [1.54, 1.807) is 0 Å². The van der Waals surface area contributed by atoms with Crippen LogP contribution in [0.1, 0.15) is 39.5 Å². The summed E-state index contributed by atoms with van der Waals surface area (Å²) in [6.45, 7) is 5.21. The molecule has 5 nitrogen and oxygen atoms in total. The number of rotatable bonds is 9.